The van der Waals surface area contributed by atoms with Crippen molar-refractivity contribution in [2.75, 3.05) is 18.0 Å². The molecule has 0 saturated carbocycles. The van der Waals surface area contributed by atoms with Crippen LogP contribution in [-0.2, 0) is 17.6 Å². The predicted molar refractivity (Wildman–Crippen MR) is 73.3 cm³/mol. The van der Waals surface area contributed by atoms with E-state index in [1.165, 1.54) is 0 Å². The monoisotopic (exact) mass is 266 g/mol. The van der Waals surface area contributed by atoms with Gasteiger partial charge in [0.15, 0.2) is 0 Å². The summed E-state index contributed by atoms with van der Waals surface area (Å²) in [6, 6.07) is 0. The molecule has 1 rings (SSSR count). The predicted octanol–water partition coefficient (Wildman–Crippen LogP) is 1.54. The van der Waals surface area contributed by atoms with Crippen LogP contribution in [0.5, 0.6) is 0 Å². The lowest BCUT2D eigenvalue weighted by molar-refractivity contribution is -0.135. The zero-order valence-electron chi connectivity index (χ0n) is 12.1. The quantitative estimate of drug-likeness (QED) is 0.806. The van der Waals surface area contributed by atoms with Crippen molar-refractivity contribution in [1.82, 2.24) is 15.2 Å². The number of aromatic nitrogens is 3. The van der Waals surface area contributed by atoms with Crippen LogP contribution in [0.4, 0.5) is 5.95 Å². The molecule has 1 N–H and O–H groups in total. The summed E-state index contributed by atoms with van der Waals surface area (Å²) in [5.74, 6) is -0.147. The number of carbonyl (C=O) groups is 1. The molecule has 0 unspecified atom stereocenters. The maximum Gasteiger partial charge on any atom is 0.323 e. The maximum atomic E-state index is 10.9. The van der Waals surface area contributed by atoms with Crippen LogP contribution in [-0.4, -0.2) is 39.3 Å². The average molecular weight is 266 g/mol. The Balaban J connectivity index is 3.04. The third-order valence-corrected chi connectivity index (χ3v) is 2.69. The minimum Gasteiger partial charge on any atom is -0.480 e. The fourth-order valence-electron chi connectivity index (χ4n) is 1.88. The van der Waals surface area contributed by atoms with E-state index in [-0.39, 0.29) is 6.54 Å². The van der Waals surface area contributed by atoms with Gasteiger partial charge in [-0.3, -0.25) is 4.79 Å². The van der Waals surface area contributed by atoms with E-state index in [0.29, 0.717) is 18.4 Å². The summed E-state index contributed by atoms with van der Waals surface area (Å²) in [6.07, 6.45) is 1.56. The Bertz CT molecular complexity index is 435. The van der Waals surface area contributed by atoms with Crippen molar-refractivity contribution in [3.8, 4) is 0 Å². The van der Waals surface area contributed by atoms with Gasteiger partial charge in [0.25, 0.3) is 0 Å². The lowest BCUT2D eigenvalue weighted by Crippen LogP contribution is -2.34. The smallest absolute Gasteiger partial charge is 0.323 e. The lowest BCUT2D eigenvalue weighted by Gasteiger charge is -2.22. The van der Waals surface area contributed by atoms with E-state index in [2.05, 4.69) is 15.2 Å². The average Bonchev–Trinajstić information content (AvgIpc) is 2.36. The Kier molecular flexibility index (Phi) is 5.66. The second-order valence-corrected chi connectivity index (χ2v) is 4.88. The van der Waals surface area contributed by atoms with Gasteiger partial charge in [0.2, 0.25) is 5.95 Å². The summed E-state index contributed by atoms with van der Waals surface area (Å²) < 4.78 is 0. The van der Waals surface area contributed by atoms with Gasteiger partial charge in [0.1, 0.15) is 6.54 Å². The molecule has 0 saturated heterocycles. The number of nitrogens with zero attached hydrogens (tertiary/aromatic N) is 4. The molecule has 0 bridgehead atoms. The SMILES string of the molecule is CCc1nnc(N(CC(=O)O)CC(C)C)nc1CC. The highest BCUT2D eigenvalue weighted by Gasteiger charge is 2.17. The molecule has 6 heteroatoms. The summed E-state index contributed by atoms with van der Waals surface area (Å²) in [4.78, 5) is 17.0. The molecule has 0 spiro atoms. The number of aryl methyl sites for hydroxylation is 2. The zero-order chi connectivity index (χ0) is 14.4. The van der Waals surface area contributed by atoms with Crippen LogP contribution in [0.25, 0.3) is 0 Å². The summed E-state index contributed by atoms with van der Waals surface area (Å²) in [7, 11) is 0. The van der Waals surface area contributed by atoms with Gasteiger partial charge in [-0.2, -0.15) is 5.10 Å². The van der Waals surface area contributed by atoms with Crippen LogP contribution in [0.3, 0.4) is 0 Å². The summed E-state index contributed by atoms with van der Waals surface area (Å²) in [5, 5.41) is 17.2. The van der Waals surface area contributed by atoms with E-state index >= 15 is 0 Å². The largest absolute Gasteiger partial charge is 0.480 e. The third kappa shape index (κ3) is 4.46. The number of carboxylic acids is 1. The van der Waals surface area contributed by atoms with Gasteiger partial charge in [-0.1, -0.05) is 27.7 Å². The molecule has 1 heterocycles. The molecule has 0 aliphatic carbocycles. The van der Waals surface area contributed by atoms with Crippen molar-refractivity contribution >= 4 is 11.9 Å². The topological polar surface area (TPSA) is 79.2 Å². The van der Waals surface area contributed by atoms with Gasteiger partial charge < -0.3 is 10.0 Å². The van der Waals surface area contributed by atoms with Crippen molar-refractivity contribution in [2.24, 2.45) is 5.92 Å². The molecule has 0 fully saturated rings. The Labute approximate surface area is 113 Å². The van der Waals surface area contributed by atoms with E-state index in [9.17, 15) is 4.79 Å². The molecular formula is C13H22N4O2. The van der Waals surface area contributed by atoms with E-state index < -0.39 is 5.97 Å². The summed E-state index contributed by atoms with van der Waals surface area (Å²) in [6.45, 7) is 8.58. The van der Waals surface area contributed by atoms with E-state index in [4.69, 9.17) is 5.11 Å². The van der Waals surface area contributed by atoms with E-state index in [1.807, 2.05) is 27.7 Å². The van der Waals surface area contributed by atoms with Crippen LogP contribution in [0.2, 0.25) is 0 Å². The minimum atomic E-state index is -0.887. The van der Waals surface area contributed by atoms with Crippen molar-refractivity contribution in [2.45, 2.75) is 40.5 Å². The first-order valence-electron chi connectivity index (χ1n) is 6.67. The molecule has 106 valence electrons. The second-order valence-electron chi connectivity index (χ2n) is 4.88. The highest BCUT2D eigenvalue weighted by Crippen LogP contribution is 2.12. The Hall–Kier alpha value is -1.72. The molecule has 0 aromatic carbocycles. The van der Waals surface area contributed by atoms with Crippen LogP contribution < -0.4 is 4.90 Å². The van der Waals surface area contributed by atoms with Gasteiger partial charge in [0, 0.05) is 6.54 Å². The normalized spacial score (nSPS) is 10.8. The number of rotatable bonds is 7. The first-order chi connectivity index (χ1) is 8.97. The van der Waals surface area contributed by atoms with Gasteiger partial charge >= 0.3 is 5.97 Å². The third-order valence-electron chi connectivity index (χ3n) is 2.69. The first kappa shape index (κ1) is 15.3. The standard InChI is InChI=1S/C13H22N4O2/c1-5-10-11(6-2)15-16-13(14-10)17(7-9(3)4)8-12(18)19/h9H,5-8H2,1-4H3,(H,18,19). The molecule has 0 aliphatic heterocycles. The fraction of sp³-hybridized carbons (Fsp3) is 0.692. The molecule has 0 aliphatic rings. The van der Waals surface area contributed by atoms with Crippen molar-refractivity contribution in [3.63, 3.8) is 0 Å². The van der Waals surface area contributed by atoms with Crippen molar-refractivity contribution in [1.29, 1.82) is 0 Å². The summed E-state index contributed by atoms with van der Waals surface area (Å²) in [5.41, 5.74) is 1.78. The number of carboxylic acid groups (broad SMARTS) is 1. The van der Waals surface area contributed by atoms with Gasteiger partial charge in [-0.15, -0.1) is 5.10 Å². The molecule has 0 atom stereocenters. The van der Waals surface area contributed by atoms with Gasteiger partial charge in [-0.05, 0) is 18.8 Å². The molecule has 6 nitrogen and oxygen atoms in total. The minimum absolute atomic E-state index is 0.103. The van der Waals surface area contributed by atoms with Crippen LogP contribution >= 0.6 is 0 Å². The molecule has 1 aromatic rings. The number of hydrogen-bond acceptors (Lipinski definition) is 5. The van der Waals surface area contributed by atoms with Crippen LogP contribution in [0, 0.1) is 5.92 Å². The molecular weight excluding hydrogens is 244 g/mol. The maximum absolute atomic E-state index is 10.9. The molecule has 0 radical (unpaired) electrons. The van der Waals surface area contributed by atoms with Crippen molar-refractivity contribution in [3.05, 3.63) is 11.4 Å². The van der Waals surface area contributed by atoms with Gasteiger partial charge in [0.05, 0.1) is 11.4 Å². The zero-order valence-corrected chi connectivity index (χ0v) is 12.1. The molecule has 1 aromatic heterocycles. The Morgan fingerprint density at radius 3 is 2.32 bits per heavy atom. The van der Waals surface area contributed by atoms with Crippen LogP contribution in [0.15, 0.2) is 0 Å². The molecule has 0 amide bonds. The van der Waals surface area contributed by atoms with E-state index in [0.717, 1.165) is 24.2 Å². The van der Waals surface area contributed by atoms with Crippen LogP contribution in [0.1, 0.15) is 39.1 Å². The van der Waals surface area contributed by atoms with Crippen molar-refractivity contribution < 1.29 is 9.90 Å². The Morgan fingerprint density at radius 1 is 1.21 bits per heavy atom. The highest BCUT2D eigenvalue weighted by molar-refractivity contribution is 5.72. The Morgan fingerprint density at radius 2 is 1.84 bits per heavy atom. The second kappa shape index (κ2) is 7.01. The number of anilines is 1. The lowest BCUT2D eigenvalue weighted by atomic mass is 10.2. The number of hydrogen-bond donors (Lipinski definition) is 1. The number of aliphatic carboxylic acids is 1. The summed E-state index contributed by atoms with van der Waals surface area (Å²) >= 11 is 0. The molecule has 19 heavy (non-hydrogen) atoms. The van der Waals surface area contributed by atoms with E-state index in [1.54, 1.807) is 4.90 Å². The highest BCUT2D eigenvalue weighted by atomic mass is 16.4. The van der Waals surface area contributed by atoms with Gasteiger partial charge in [-0.25, -0.2) is 4.98 Å². The fourth-order valence-corrected chi connectivity index (χ4v) is 1.88. The first-order valence-corrected chi connectivity index (χ1v) is 6.67.